The van der Waals surface area contributed by atoms with Gasteiger partial charge in [0.05, 0.1) is 12.1 Å². The highest BCUT2D eigenvalue weighted by molar-refractivity contribution is 5.68. The predicted molar refractivity (Wildman–Crippen MR) is 74.9 cm³/mol. The van der Waals surface area contributed by atoms with Crippen molar-refractivity contribution in [1.82, 2.24) is 4.90 Å². The van der Waals surface area contributed by atoms with E-state index in [4.69, 9.17) is 10.5 Å². The van der Waals surface area contributed by atoms with Crippen molar-refractivity contribution in [2.24, 2.45) is 5.73 Å². The quantitative estimate of drug-likeness (QED) is 0.804. The fourth-order valence-electron chi connectivity index (χ4n) is 2.31. The zero-order valence-corrected chi connectivity index (χ0v) is 12.8. The van der Waals surface area contributed by atoms with Crippen LogP contribution in [0.15, 0.2) is 0 Å². The molecule has 5 nitrogen and oxygen atoms in total. The maximum Gasteiger partial charge on any atom is 0.410 e. The highest BCUT2D eigenvalue weighted by Gasteiger charge is 2.47. The van der Waals surface area contributed by atoms with E-state index in [-0.39, 0.29) is 12.6 Å². The average Bonchev–Trinajstić information content (AvgIpc) is 2.26. The summed E-state index contributed by atoms with van der Waals surface area (Å²) >= 11 is 0. The first kappa shape index (κ1) is 16.2. The topological polar surface area (TPSA) is 75.8 Å². The number of rotatable bonds is 2. The zero-order chi connectivity index (χ0) is 14.9. The Bertz CT molecular complexity index is 336. The van der Waals surface area contributed by atoms with Crippen molar-refractivity contribution in [2.45, 2.75) is 70.6 Å². The highest BCUT2D eigenvalue weighted by Crippen LogP contribution is 2.32. The van der Waals surface area contributed by atoms with Gasteiger partial charge in [-0.15, -0.1) is 0 Å². The lowest BCUT2D eigenvalue weighted by Gasteiger charge is -2.47. The number of hydrogen-bond donors (Lipinski definition) is 2. The summed E-state index contributed by atoms with van der Waals surface area (Å²) in [5, 5.41) is 10.7. The van der Waals surface area contributed by atoms with Crippen LogP contribution in [0.3, 0.4) is 0 Å². The van der Waals surface area contributed by atoms with E-state index in [0.717, 1.165) is 6.42 Å². The van der Waals surface area contributed by atoms with E-state index in [1.807, 2.05) is 34.6 Å². The van der Waals surface area contributed by atoms with Gasteiger partial charge in [-0.2, -0.15) is 0 Å². The van der Waals surface area contributed by atoms with E-state index >= 15 is 0 Å². The minimum absolute atomic E-state index is 0.239. The molecule has 0 aromatic heterocycles. The summed E-state index contributed by atoms with van der Waals surface area (Å²) in [6, 6.07) is 0. The van der Waals surface area contributed by atoms with Crippen molar-refractivity contribution in [1.29, 1.82) is 0 Å². The molecule has 1 aliphatic heterocycles. The molecule has 0 aromatic carbocycles. The summed E-state index contributed by atoms with van der Waals surface area (Å²) in [7, 11) is 0. The Balaban J connectivity index is 2.77. The Morgan fingerprint density at radius 2 is 2.00 bits per heavy atom. The van der Waals surface area contributed by atoms with Crippen LogP contribution in [0.2, 0.25) is 0 Å². The first-order valence-corrected chi connectivity index (χ1v) is 7.00. The number of carbonyl (C=O) groups excluding carboxylic acids is 1. The Kier molecular flexibility index (Phi) is 4.52. The molecule has 19 heavy (non-hydrogen) atoms. The molecule has 1 amide bonds. The molecule has 1 fully saturated rings. The van der Waals surface area contributed by atoms with Gasteiger partial charge in [0.1, 0.15) is 5.60 Å². The van der Waals surface area contributed by atoms with Gasteiger partial charge in [-0.25, -0.2) is 4.79 Å². The number of carbonyl (C=O) groups is 1. The van der Waals surface area contributed by atoms with Gasteiger partial charge in [0.15, 0.2) is 0 Å². The number of likely N-dealkylation sites (tertiary alicyclic amines) is 1. The molecule has 0 bridgehead atoms. The molecule has 0 aromatic rings. The summed E-state index contributed by atoms with van der Waals surface area (Å²) < 4.78 is 5.35. The molecule has 3 N–H and O–H groups in total. The van der Waals surface area contributed by atoms with E-state index in [0.29, 0.717) is 19.4 Å². The summed E-state index contributed by atoms with van der Waals surface area (Å²) in [4.78, 5) is 13.6. The maximum absolute atomic E-state index is 12.1. The van der Waals surface area contributed by atoms with E-state index < -0.39 is 16.7 Å². The first-order valence-electron chi connectivity index (χ1n) is 7.00. The van der Waals surface area contributed by atoms with Gasteiger partial charge < -0.3 is 20.5 Å². The number of amides is 1. The van der Waals surface area contributed by atoms with Gasteiger partial charge in [-0.05, 0) is 47.0 Å². The standard InChI is InChI=1S/C14H28N2O3/c1-6-13(5,15)14(18)8-7-9-16(10-14)11(17)19-12(2,3)4/h18H,6-10,15H2,1-5H3. The van der Waals surface area contributed by atoms with E-state index in [9.17, 15) is 9.90 Å². The fraction of sp³-hybridized carbons (Fsp3) is 0.929. The summed E-state index contributed by atoms with van der Waals surface area (Å²) in [6.07, 6.45) is 1.64. The van der Waals surface area contributed by atoms with E-state index in [2.05, 4.69) is 0 Å². The van der Waals surface area contributed by atoms with Crippen LogP contribution in [0.5, 0.6) is 0 Å². The van der Waals surface area contributed by atoms with E-state index in [1.165, 1.54) is 0 Å². The number of piperidine rings is 1. The largest absolute Gasteiger partial charge is 0.444 e. The zero-order valence-electron chi connectivity index (χ0n) is 12.8. The molecule has 1 rings (SSSR count). The number of β-amino-alcohol motifs (C(OH)–C–C–N with tert-alkyl or cyclic N) is 1. The number of aliphatic hydroxyl groups is 1. The summed E-state index contributed by atoms with van der Waals surface area (Å²) in [6.45, 7) is 10.1. The van der Waals surface area contributed by atoms with Crippen LogP contribution in [-0.2, 0) is 4.74 Å². The summed E-state index contributed by atoms with van der Waals surface area (Å²) in [5.41, 5.74) is 3.92. The summed E-state index contributed by atoms with van der Waals surface area (Å²) in [5.74, 6) is 0. The SMILES string of the molecule is CCC(C)(N)C1(O)CCCN(C(=O)OC(C)(C)C)C1. The lowest BCUT2D eigenvalue weighted by molar-refractivity contribution is -0.0848. The molecule has 1 aliphatic rings. The van der Waals surface area contributed by atoms with Crippen molar-refractivity contribution >= 4 is 6.09 Å². The number of nitrogens with zero attached hydrogens (tertiary/aromatic N) is 1. The Labute approximate surface area is 116 Å². The van der Waals surface area contributed by atoms with Gasteiger partial charge in [-0.1, -0.05) is 6.92 Å². The molecule has 5 heteroatoms. The predicted octanol–water partition coefficient (Wildman–Crippen LogP) is 1.88. The van der Waals surface area contributed by atoms with Crippen LogP contribution in [-0.4, -0.2) is 45.9 Å². The molecule has 1 heterocycles. The van der Waals surface area contributed by atoms with Gasteiger partial charge in [0.25, 0.3) is 0 Å². The van der Waals surface area contributed by atoms with Crippen LogP contribution in [0, 0.1) is 0 Å². The van der Waals surface area contributed by atoms with Gasteiger partial charge in [0.2, 0.25) is 0 Å². The lowest BCUT2D eigenvalue weighted by atomic mass is 9.75. The van der Waals surface area contributed by atoms with Crippen LogP contribution < -0.4 is 5.73 Å². The third-order valence-corrected chi connectivity index (χ3v) is 3.92. The number of ether oxygens (including phenoxy) is 1. The minimum atomic E-state index is -1.04. The Hall–Kier alpha value is -0.810. The van der Waals surface area contributed by atoms with Crippen LogP contribution in [0.4, 0.5) is 4.79 Å². The molecule has 2 unspecified atom stereocenters. The second kappa shape index (κ2) is 5.29. The third-order valence-electron chi connectivity index (χ3n) is 3.92. The molecule has 112 valence electrons. The van der Waals surface area contributed by atoms with Crippen molar-refractivity contribution < 1.29 is 14.6 Å². The molecule has 0 saturated carbocycles. The average molecular weight is 272 g/mol. The van der Waals surface area contributed by atoms with E-state index in [1.54, 1.807) is 4.90 Å². The van der Waals surface area contributed by atoms with Crippen molar-refractivity contribution in [3.05, 3.63) is 0 Å². The Morgan fingerprint density at radius 1 is 1.42 bits per heavy atom. The number of nitrogens with two attached hydrogens (primary N) is 1. The van der Waals surface area contributed by atoms with Crippen LogP contribution in [0.25, 0.3) is 0 Å². The van der Waals surface area contributed by atoms with Gasteiger partial charge in [-0.3, -0.25) is 0 Å². The molecular weight excluding hydrogens is 244 g/mol. The smallest absolute Gasteiger partial charge is 0.410 e. The second-order valence-corrected chi connectivity index (χ2v) is 6.81. The number of hydrogen-bond acceptors (Lipinski definition) is 4. The lowest BCUT2D eigenvalue weighted by Crippen LogP contribution is -2.66. The van der Waals surface area contributed by atoms with Gasteiger partial charge >= 0.3 is 6.09 Å². The monoisotopic (exact) mass is 272 g/mol. The van der Waals surface area contributed by atoms with Crippen LogP contribution >= 0.6 is 0 Å². The molecule has 0 spiro atoms. The first-order chi connectivity index (χ1) is 8.51. The molecule has 2 atom stereocenters. The van der Waals surface area contributed by atoms with Crippen molar-refractivity contribution in [3.63, 3.8) is 0 Å². The normalized spacial score (nSPS) is 27.8. The fourth-order valence-corrected chi connectivity index (χ4v) is 2.31. The van der Waals surface area contributed by atoms with Crippen molar-refractivity contribution in [3.8, 4) is 0 Å². The maximum atomic E-state index is 12.1. The highest BCUT2D eigenvalue weighted by atomic mass is 16.6. The molecular formula is C14H28N2O3. The third kappa shape index (κ3) is 3.83. The van der Waals surface area contributed by atoms with Gasteiger partial charge in [0, 0.05) is 12.1 Å². The molecule has 1 saturated heterocycles. The van der Waals surface area contributed by atoms with Crippen LogP contribution in [0.1, 0.15) is 53.9 Å². The molecule has 0 radical (unpaired) electrons. The second-order valence-electron chi connectivity index (χ2n) is 6.81. The van der Waals surface area contributed by atoms with Crippen molar-refractivity contribution in [2.75, 3.05) is 13.1 Å². The molecule has 0 aliphatic carbocycles. The minimum Gasteiger partial charge on any atom is -0.444 e. The Morgan fingerprint density at radius 3 is 2.47 bits per heavy atom.